The summed E-state index contributed by atoms with van der Waals surface area (Å²) >= 11 is 0. The fourth-order valence-corrected chi connectivity index (χ4v) is 2.58. The van der Waals surface area contributed by atoms with Crippen LogP contribution in [0.15, 0.2) is 24.7 Å². The first-order chi connectivity index (χ1) is 13.5. The molecule has 9 heteroatoms. The van der Waals surface area contributed by atoms with Crippen LogP contribution in [-0.2, 0) is 11.2 Å². The summed E-state index contributed by atoms with van der Waals surface area (Å²) in [6.45, 7) is 6.60. The fraction of sp³-hybridized carbons (Fsp3) is 0.421. The van der Waals surface area contributed by atoms with E-state index in [0.29, 0.717) is 42.8 Å². The van der Waals surface area contributed by atoms with Crippen molar-refractivity contribution in [1.29, 1.82) is 0 Å². The Morgan fingerprint density at radius 3 is 2.18 bits per heavy atom. The number of carboxylic acid groups (broad SMARTS) is 1. The molecule has 1 aromatic carbocycles. The quantitative estimate of drug-likeness (QED) is 0.535. The number of ether oxygens (including phenoxy) is 3. The molecule has 0 bridgehead atoms. The minimum absolute atomic E-state index is 0.0781. The minimum atomic E-state index is -1.15. The zero-order valence-corrected chi connectivity index (χ0v) is 16.2. The van der Waals surface area contributed by atoms with Crippen molar-refractivity contribution in [2.75, 3.05) is 19.8 Å². The van der Waals surface area contributed by atoms with Crippen LogP contribution in [0.3, 0.4) is 0 Å². The van der Waals surface area contributed by atoms with Gasteiger partial charge in [0.05, 0.1) is 26.1 Å². The van der Waals surface area contributed by atoms with Gasteiger partial charge < -0.3 is 29.6 Å². The van der Waals surface area contributed by atoms with E-state index >= 15 is 0 Å². The van der Waals surface area contributed by atoms with E-state index in [1.165, 1.54) is 24.7 Å². The van der Waals surface area contributed by atoms with Crippen molar-refractivity contribution in [3.63, 3.8) is 0 Å². The number of nitrogens with zero attached hydrogens (tertiary/aromatic N) is 1. The highest BCUT2D eigenvalue weighted by Gasteiger charge is 2.24. The number of imidazole rings is 1. The maximum atomic E-state index is 12.7. The molecule has 0 aliphatic heterocycles. The van der Waals surface area contributed by atoms with Crippen LogP contribution in [0.2, 0.25) is 0 Å². The largest absolute Gasteiger partial charge is 0.490 e. The van der Waals surface area contributed by atoms with E-state index in [0.717, 1.165) is 0 Å². The number of carboxylic acids is 1. The van der Waals surface area contributed by atoms with E-state index in [4.69, 9.17) is 14.2 Å². The second-order valence-corrected chi connectivity index (χ2v) is 5.75. The van der Waals surface area contributed by atoms with Gasteiger partial charge in [0.15, 0.2) is 11.5 Å². The van der Waals surface area contributed by atoms with Gasteiger partial charge in [-0.3, -0.25) is 4.79 Å². The molecular weight excluding hydrogens is 366 g/mol. The van der Waals surface area contributed by atoms with Crippen LogP contribution in [-0.4, -0.2) is 52.8 Å². The number of aromatic amines is 1. The average molecular weight is 391 g/mol. The van der Waals surface area contributed by atoms with Gasteiger partial charge in [-0.15, -0.1) is 0 Å². The van der Waals surface area contributed by atoms with Gasteiger partial charge in [0, 0.05) is 23.9 Å². The Morgan fingerprint density at radius 2 is 1.71 bits per heavy atom. The molecule has 1 unspecified atom stereocenters. The summed E-state index contributed by atoms with van der Waals surface area (Å²) < 4.78 is 16.8. The van der Waals surface area contributed by atoms with Crippen LogP contribution in [0, 0.1) is 0 Å². The van der Waals surface area contributed by atoms with Crippen LogP contribution >= 0.6 is 0 Å². The number of hydrogen-bond donors (Lipinski definition) is 3. The molecule has 0 aliphatic rings. The number of nitrogens with one attached hydrogen (secondary N) is 2. The van der Waals surface area contributed by atoms with E-state index in [9.17, 15) is 14.7 Å². The SMILES string of the molecule is CCOc1cc(C(=O)NC(Cc2cnc[nH]2)C(=O)O)cc(OCC)c1OCC. The molecular formula is C19H25N3O6. The number of amides is 1. The molecule has 28 heavy (non-hydrogen) atoms. The van der Waals surface area contributed by atoms with E-state index < -0.39 is 17.9 Å². The predicted molar refractivity (Wildman–Crippen MR) is 101 cm³/mol. The van der Waals surface area contributed by atoms with E-state index in [-0.39, 0.29) is 12.0 Å². The molecule has 152 valence electrons. The Morgan fingerprint density at radius 1 is 1.11 bits per heavy atom. The minimum Gasteiger partial charge on any atom is -0.490 e. The van der Waals surface area contributed by atoms with Gasteiger partial charge in [0.2, 0.25) is 5.75 Å². The Balaban J connectivity index is 2.30. The first-order valence-corrected chi connectivity index (χ1v) is 9.07. The van der Waals surface area contributed by atoms with Gasteiger partial charge >= 0.3 is 5.97 Å². The first kappa shape index (κ1) is 21.1. The second-order valence-electron chi connectivity index (χ2n) is 5.75. The number of rotatable bonds is 11. The normalized spacial score (nSPS) is 11.5. The van der Waals surface area contributed by atoms with Gasteiger partial charge in [0.1, 0.15) is 6.04 Å². The number of benzene rings is 1. The lowest BCUT2D eigenvalue weighted by Gasteiger charge is -2.18. The lowest BCUT2D eigenvalue weighted by atomic mass is 10.1. The Kier molecular flexibility index (Phi) is 7.67. The number of carbonyl (C=O) groups is 2. The molecule has 0 spiro atoms. The maximum Gasteiger partial charge on any atom is 0.326 e. The highest BCUT2D eigenvalue weighted by atomic mass is 16.5. The van der Waals surface area contributed by atoms with E-state index in [2.05, 4.69) is 15.3 Å². The van der Waals surface area contributed by atoms with Crippen LogP contribution in [0.25, 0.3) is 0 Å². The van der Waals surface area contributed by atoms with Gasteiger partial charge in [0.25, 0.3) is 5.91 Å². The zero-order valence-electron chi connectivity index (χ0n) is 16.2. The van der Waals surface area contributed by atoms with Crippen molar-refractivity contribution in [3.8, 4) is 17.2 Å². The van der Waals surface area contributed by atoms with Gasteiger partial charge in [-0.05, 0) is 32.9 Å². The summed E-state index contributed by atoms with van der Waals surface area (Å²) in [6.07, 6.45) is 3.04. The van der Waals surface area contributed by atoms with Crippen molar-refractivity contribution < 1.29 is 28.9 Å². The maximum absolute atomic E-state index is 12.7. The van der Waals surface area contributed by atoms with Crippen LogP contribution in [0.4, 0.5) is 0 Å². The molecule has 1 amide bonds. The van der Waals surface area contributed by atoms with Crippen LogP contribution < -0.4 is 19.5 Å². The number of hydrogen-bond acceptors (Lipinski definition) is 6. The smallest absolute Gasteiger partial charge is 0.326 e. The fourth-order valence-electron chi connectivity index (χ4n) is 2.58. The molecule has 1 atom stereocenters. The Labute approximate surface area is 163 Å². The van der Waals surface area contributed by atoms with Gasteiger partial charge in [-0.2, -0.15) is 0 Å². The summed E-state index contributed by atoms with van der Waals surface area (Å²) in [5.74, 6) is -0.572. The molecule has 3 N–H and O–H groups in total. The van der Waals surface area contributed by atoms with Crippen molar-refractivity contribution in [2.24, 2.45) is 0 Å². The summed E-state index contributed by atoms with van der Waals surface area (Å²) in [7, 11) is 0. The molecule has 9 nitrogen and oxygen atoms in total. The average Bonchev–Trinajstić information content (AvgIpc) is 3.17. The van der Waals surface area contributed by atoms with Crippen molar-refractivity contribution in [2.45, 2.75) is 33.2 Å². The molecule has 2 rings (SSSR count). The highest BCUT2D eigenvalue weighted by Crippen LogP contribution is 2.39. The number of H-pyrrole nitrogens is 1. The lowest BCUT2D eigenvalue weighted by Crippen LogP contribution is -2.42. The van der Waals surface area contributed by atoms with Crippen LogP contribution in [0.5, 0.6) is 17.2 Å². The summed E-state index contributed by atoms with van der Waals surface area (Å²) in [5, 5.41) is 12.0. The molecule has 0 saturated carbocycles. The summed E-state index contributed by atoms with van der Waals surface area (Å²) in [6, 6.07) is 1.91. The van der Waals surface area contributed by atoms with Gasteiger partial charge in [-0.1, -0.05) is 0 Å². The standard InChI is InChI=1S/C19H25N3O6/c1-4-26-15-7-12(8-16(27-5-2)17(15)28-6-3)18(23)22-14(19(24)25)9-13-10-20-11-21-13/h7-8,10-11,14H,4-6,9H2,1-3H3,(H,20,21)(H,22,23)(H,24,25). The number of aromatic nitrogens is 2. The van der Waals surface area contributed by atoms with E-state index in [1.54, 1.807) is 0 Å². The molecule has 2 aromatic rings. The molecule has 1 aromatic heterocycles. The van der Waals surface area contributed by atoms with Crippen molar-refractivity contribution in [1.82, 2.24) is 15.3 Å². The predicted octanol–water partition coefficient (Wildman–Crippen LogP) is 2.03. The first-order valence-electron chi connectivity index (χ1n) is 9.07. The third-order valence-electron chi connectivity index (χ3n) is 3.75. The third kappa shape index (κ3) is 5.38. The zero-order chi connectivity index (χ0) is 20.5. The monoisotopic (exact) mass is 391 g/mol. The Bertz CT molecular complexity index is 764. The number of aliphatic carboxylic acids is 1. The Hall–Kier alpha value is -3.23. The molecule has 1 heterocycles. The topological polar surface area (TPSA) is 123 Å². The third-order valence-corrected chi connectivity index (χ3v) is 3.75. The van der Waals surface area contributed by atoms with E-state index in [1.807, 2.05) is 20.8 Å². The van der Waals surface area contributed by atoms with Crippen LogP contribution in [0.1, 0.15) is 36.8 Å². The summed E-state index contributed by atoms with van der Waals surface area (Å²) in [4.78, 5) is 31.0. The van der Waals surface area contributed by atoms with Gasteiger partial charge in [-0.25, -0.2) is 9.78 Å². The summed E-state index contributed by atoms with van der Waals surface area (Å²) in [5.41, 5.74) is 0.815. The highest BCUT2D eigenvalue weighted by molar-refractivity contribution is 5.97. The molecule has 0 aliphatic carbocycles. The molecule has 0 fully saturated rings. The van der Waals surface area contributed by atoms with Crippen molar-refractivity contribution in [3.05, 3.63) is 35.9 Å². The second kappa shape index (κ2) is 10.2. The number of carbonyl (C=O) groups excluding carboxylic acids is 1. The lowest BCUT2D eigenvalue weighted by molar-refractivity contribution is -0.139. The molecule has 0 radical (unpaired) electrons. The molecule has 0 saturated heterocycles. The van der Waals surface area contributed by atoms with Crippen molar-refractivity contribution >= 4 is 11.9 Å².